The molecule has 1 aliphatic rings. The van der Waals surface area contributed by atoms with Crippen molar-refractivity contribution in [3.05, 3.63) is 53.5 Å². The molecule has 108 valence electrons. The summed E-state index contributed by atoms with van der Waals surface area (Å²) >= 11 is 0. The highest BCUT2D eigenvalue weighted by Crippen LogP contribution is 2.34. The van der Waals surface area contributed by atoms with E-state index >= 15 is 0 Å². The lowest BCUT2D eigenvalue weighted by Crippen LogP contribution is -2.26. The number of rotatable bonds is 4. The van der Waals surface area contributed by atoms with E-state index in [0.717, 1.165) is 22.6 Å². The van der Waals surface area contributed by atoms with E-state index in [9.17, 15) is 9.59 Å². The van der Waals surface area contributed by atoms with Crippen LogP contribution in [-0.4, -0.2) is 11.8 Å². The van der Waals surface area contributed by atoms with Gasteiger partial charge in [-0.3, -0.25) is 9.59 Å². The smallest absolute Gasteiger partial charge is 0.232 e. The fourth-order valence-corrected chi connectivity index (χ4v) is 2.52. The fraction of sp³-hybridized carbons (Fsp3) is 0.250. The van der Waals surface area contributed by atoms with Gasteiger partial charge < -0.3 is 15.1 Å². The molecule has 0 aliphatic carbocycles. The minimum atomic E-state index is -0.411. The van der Waals surface area contributed by atoms with Crippen molar-refractivity contribution >= 4 is 17.5 Å². The standard InChI is InChI=1S/C16H16N2O3/c1-10-11(6-7-21-10)9-17-15(19)8-13-12-4-2-3-5-14(12)18-16(13)20/h2-7,13H,8-9H2,1H3,(H,17,19)(H,18,20). The highest BCUT2D eigenvalue weighted by atomic mass is 16.3. The molecule has 5 nitrogen and oxygen atoms in total. The summed E-state index contributed by atoms with van der Waals surface area (Å²) in [5, 5.41) is 5.62. The number of fused-ring (bicyclic) bond motifs is 1. The number of benzene rings is 1. The van der Waals surface area contributed by atoms with Crippen LogP contribution in [0.5, 0.6) is 0 Å². The molecule has 1 unspecified atom stereocenters. The molecule has 21 heavy (non-hydrogen) atoms. The quantitative estimate of drug-likeness (QED) is 0.905. The van der Waals surface area contributed by atoms with Crippen LogP contribution >= 0.6 is 0 Å². The molecule has 2 heterocycles. The summed E-state index contributed by atoms with van der Waals surface area (Å²) in [6.07, 6.45) is 1.75. The Morgan fingerprint density at radius 2 is 2.14 bits per heavy atom. The van der Waals surface area contributed by atoms with Gasteiger partial charge in [0.1, 0.15) is 5.76 Å². The van der Waals surface area contributed by atoms with Crippen LogP contribution in [0, 0.1) is 6.92 Å². The van der Waals surface area contributed by atoms with Crippen LogP contribution < -0.4 is 10.6 Å². The zero-order chi connectivity index (χ0) is 14.8. The largest absolute Gasteiger partial charge is 0.469 e. The summed E-state index contributed by atoms with van der Waals surface area (Å²) in [6.45, 7) is 2.26. The van der Waals surface area contributed by atoms with Crippen molar-refractivity contribution in [1.29, 1.82) is 0 Å². The maximum Gasteiger partial charge on any atom is 0.232 e. The normalized spacial score (nSPS) is 16.4. The lowest BCUT2D eigenvalue weighted by atomic mass is 9.97. The monoisotopic (exact) mass is 284 g/mol. The number of aryl methyl sites for hydroxylation is 1. The average Bonchev–Trinajstić information content (AvgIpc) is 3.01. The summed E-state index contributed by atoms with van der Waals surface area (Å²) in [5.41, 5.74) is 2.63. The third-order valence-corrected chi connectivity index (χ3v) is 3.74. The molecule has 2 N–H and O–H groups in total. The molecule has 2 aromatic rings. The van der Waals surface area contributed by atoms with Crippen LogP contribution in [0.25, 0.3) is 0 Å². The number of carbonyl (C=O) groups is 2. The number of hydrogen-bond donors (Lipinski definition) is 2. The third kappa shape index (κ3) is 2.67. The average molecular weight is 284 g/mol. The Morgan fingerprint density at radius 1 is 1.33 bits per heavy atom. The Kier molecular flexibility index (Phi) is 3.48. The summed E-state index contributed by atoms with van der Waals surface area (Å²) in [4.78, 5) is 24.0. The first kappa shape index (κ1) is 13.4. The Morgan fingerprint density at radius 3 is 2.90 bits per heavy atom. The topological polar surface area (TPSA) is 71.3 Å². The van der Waals surface area contributed by atoms with Crippen molar-refractivity contribution in [3.63, 3.8) is 0 Å². The number of furan rings is 1. The van der Waals surface area contributed by atoms with Crippen LogP contribution in [0.1, 0.15) is 29.2 Å². The van der Waals surface area contributed by atoms with Crippen LogP contribution in [0.3, 0.4) is 0 Å². The van der Waals surface area contributed by atoms with Crippen molar-refractivity contribution in [3.8, 4) is 0 Å². The maximum absolute atomic E-state index is 12.0. The maximum atomic E-state index is 12.0. The van der Waals surface area contributed by atoms with E-state index in [1.54, 1.807) is 6.26 Å². The molecule has 1 aromatic heterocycles. The zero-order valence-corrected chi connectivity index (χ0v) is 11.7. The Bertz CT molecular complexity index is 690. The zero-order valence-electron chi connectivity index (χ0n) is 11.7. The lowest BCUT2D eigenvalue weighted by Gasteiger charge is -2.09. The van der Waals surface area contributed by atoms with Crippen molar-refractivity contribution in [2.24, 2.45) is 0 Å². The summed E-state index contributed by atoms with van der Waals surface area (Å²) < 4.78 is 5.18. The highest BCUT2D eigenvalue weighted by molar-refractivity contribution is 6.04. The predicted molar refractivity (Wildman–Crippen MR) is 77.7 cm³/mol. The van der Waals surface area contributed by atoms with E-state index in [1.807, 2.05) is 37.3 Å². The number of hydrogen-bond acceptors (Lipinski definition) is 3. The van der Waals surface area contributed by atoms with Crippen LogP contribution in [0.2, 0.25) is 0 Å². The van der Waals surface area contributed by atoms with E-state index in [0.29, 0.717) is 6.54 Å². The van der Waals surface area contributed by atoms with Crippen molar-refractivity contribution in [2.45, 2.75) is 25.8 Å². The van der Waals surface area contributed by atoms with Crippen molar-refractivity contribution in [2.75, 3.05) is 5.32 Å². The van der Waals surface area contributed by atoms with Crippen LogP contribution in [0.4, 0.5) is 5.69 Å². The molecule has 0 radical (unpaired) electrons. The van der Waals surface area contributed by atoms with Gasteiger partial charge in [0, 0.05) is 24.2 Å². The minimum absolute atomic E-state index is 0.120. The van der Waals surface area contributed by atoms with Gasteiger partial charge >= 0.3 is 0 Å². The minimum Gasteiger partial charge on any atom is -0.469 e. The Hall–Kier alpha value is -2.56. The molecule has 1 aliphatic heterocycles. The molecular formula is C16H16N2O3. The molecule has 0 saturated heterocycles. The first-order valence-corrected chi connectivity index (χ1v) is 6.84. The van der Waals surface area contributed by atoms with Gasteiger partial charge in [-0.1, -0.05) is 18.2 Å². The molecule has 0 bridgehead atoms. The van der Waals surface area contributed by atoms with E-state index in [1.165, 1.54) is 0 Å². The van der Waals surface area contributed by atoms with Gasteiger partial charge in [-0.15, -0.1) is 0 Å². The van der Waals surface area contributed by atoms with Crippen molar-refractivity contribution < 1.29 is 14.0 Å². The molecular weight excluding hydrogens is 268 g/mol. The first-order valence-electron chi connectivity index (χ1n) is 6.84. The number of carbonyl (C=O) groups excluding carboxylic acids is 2. The molecule has 1 aromatic carbocycles. The molecule has 2 amide bonds. The van der Waals surface area contributed by atoms with E-state index in [4.69, 9.17) is 4.42 Å². The lowest BCUT2D eigenvalue weighted by molar-refractivity contribution is -0.125. The predicted octanol–water partition coefficient (Wildman–Crippen LogP) is 2.33. The van der Waals surface area contributed by atoms with Gasteiger partial charge in [0.2, 0.25) is 11.8 Å². The molecule has 0 saturated carbocycles. The van der Waals surface area contributed by atoms with Gasteiger partial charge in [0.05, 0.1) is 12.2 Å². The third-order valence-electron chi connectivity index (χ3n) is 3.74. The second kappa shape index (κ2) is 5.44. The number of nitrogens with one attached hydrogen (secondary N) is 2. The number of para-hydroxylation sites is 1. The second-order valence-electron chi connectivity index (χ2n) is 5.11. The molecule has 3 rings (SSSR count). The van der Waals surface area contributed by atoms with Gasteiger partial charge in [0.15, 0.2) is 0 Å². The van der Waals surface area contributed by atoms with E-state index in [-0.39, 0.29) is 18.2 Å². The van der Waals surface area contributed by atoms with Gasteiger partial charge in [-0.2, -0.15) is 0 Å². The first-order chi connectivity index (χ1) is 10.1. The Labute approximate surface area is 122 Å². The van der Waals surface area contributed by atoms with E-state index in [2.05, 4.69) is 10.6 Å². The Balaban J connectivity index is 1.63. The summed E-state index contributed by atoms with van der Waals surface area (Å²) in [6, 6.07) is 9.29. The van der Waals surface area contributed by atoms with Crippen LogP contribution in [0.15, 0.2) is 41.0 Å². The van der Waals surface area contributed by atoms with Gasteiger partial charge in [-0.05, 0) is 24.6 Å². The molecule has 0 spiro atoms. The fourth-order valence-electron chi connectivity index (χ4n) is 2.52. The van der Waals surface area contributed by atoms with Crippen molar-refractivity contribution in [1.82, 2.24) is 5.32 Å². The van der Waals surface area contributed by atoms with Gasteiger partial charge in [0.25, 0.3) is 0 Å². The molecule has 0 fully saturated rings. The molecule has 1 atom stereocenters. The number of amides is 2. The van der Waals surface area contributed by atoms with E-state index < -0.39 is 5.92 Å². The summed E-state index contributed by atoms with van der Waals surface area (Å²) in [5.74, 6) is 0.115. The van der Waals surface area contributed by atoms with Gasteiger partial charge in [-0.25, -0.2) is 0 Å². The summed E-state index contributed by atoms with van der Waals surface area (Å²) in [7, 11) is 0. The second-order valence-corrected chi connectivity index (χ2v) is 5.11. The van der Waals surface area contributed by atoms with Crippen LogP contribution in [-0.2, 0) is 16.1 Å². The number of anilines is 1. The highest BCUT2D eigenvalue weighted by Gasteiger charge is 2.31. The molecule has 5 heteroatoms. The SMILES string of the molecule is Cc1occc1CNC(=O)CC1C(=O)Nc2ccccc21.